The van der Waals surface area contributed by atoms with Crippen molar-refractivity contribution in [3.63, 3.8) is 0 Å². The Labute approximate surface area is 124 Å². The topological polar surface area (TPSA) is 62.3 Å². The van der Waals surface area contributed by atoms with Gasteiger partial charge in [-0.25, -0.2) is 4.98 Å². The third kappa shape index (κ3) is 2.55. The summed E-state index contributed by atoms with van der Waals surface area (Å²) in [6.45, 7) is 7.66. The van der Waals surface area contributed by atoms with Gasteiger partial charge in [-0.15, -0.1) is 0 Å². The van der Waals surface area contributed by atoms with Crippen LogP contribution in [0, 0.1) is 0 Å². The van der Waals surface area contributed by atoms with E-state index in [9.17, 15) is 0 Å². The average Bonchev–Trinajstić information content (AvgIpc) is 2.68. The number of anilines is 1. The molecule has 2 aromatic rings. The Bertz CT molecular complexity index is 656. The highest BCUT2D eigenvalue weighted by Crippen LogP contribution is 2.36. The molecular formula is C16H21N3O2. The number of nitrogens with zero attached hydrogens (tertiary/aromatic N) is 2. The van der Waals surface area contributed by atoms with E-state index in [0.717, 1.165) is 29.2 Å². The van der Waals surface area contributed by atoms with Crippen LogP contribution >= 0.6 is 0 Å². The Morgan fingerprint density at radius 3 is 2.52 bits per heavy atom. The standard InChI is InChI=1S/C16H21N3O2/c1-16(2,3)19-10-18-14(15(19)17)11-5-6-12-13(9-11)21-8-4-7-20-12/h5-6,9-10H,4,7-8,17H2,1-3H3. The molecule has 0 spiro atoms. The van der Waals surface area contributed by atoms with Crippen LogP contribution in [0.25, 0.3) is 11.3 Å². The van der Waals surface area contributed by atoms with Crippen molar-refractivity contribution in [3.8, 4) is 22.8 Å². The van der Waals surface area contributed by atoms with E-state index in [2.05, 4.69) is 25.8 Å². The smallest absolute Gasteiger partial charge is 0.161 e. The lowest BCUT2D eigenvalue weighted by atomic mass is 10.1. The molecule has 0 bridgehead atoms. The summed E-state index contributed by atoms with van der Waals surface area (Å²) < 4.78 is 13.3. The monoisotopic (exact) mass is 287 g/mol. The zero-order chi connectivity index (χ0) is 15.0. The molecule has 1 aliphatic rings. The predicted octanol–water partition coefficient (Wildman–Crippen LogP) is 3.05. The molecule has 1 aromatic heterocycles. The minimum absolute atomic E-state index is 0.0966. The van der Waals surface area contributed by atoms with Crippen LogP contribution in [0.15, 0.2) is 24.5 Å². The molecule has 2 heterocycles. The van der Waals surface area contributed by atoms with Crippen molar-refractivity contribution in [1.82, 2.24) is 9.55 Å². The number of hydrogen-bond acceptors (Lipinski definition) is 4. The predicted molar refractivity (Wildman–Crippen MR) is 82.7 cm³/mol. The average molecular weight is 287 g/mol. The number of nitrogens with two attached hydrogens (primary N) is 1. The highest BCUT2D eigenvalue weighted by atomic mass is 16.5. The van der Waals surface area contributed by atoms with Gasteiger partial charge in [-0.05, 0) is 39.0 Å². The van der Waals surface area contributed by atoms with Gasteiger partial charge in [0.05, 0.1) is 19.5 Å². The maximum Gasteiger partial charge on any atom is 0.161 e. The molecule has 21 heavy (non-hydrogen) atoms. The molecule has 0 aliphatic carbocycles. The molecule has 1 aliphatic heterocycles. The Kier molecular flexibility index (Phi) is 3.27. The molecule has 2 N–H and O–H groups in total. The lowest BCUT2D eigenvalue weighted by molar-refractivity contribution is 0.297. The molecule has 5 nitrogen and oxygen atoms in total. The van der Waals surface area contributed by atoms with Crippen LogP contribution in [0.4, 0.5) is 5.82 Å². The highest BCUT2D eigenvalue weighted by molar-refractivity contribution is 5.73. The number of aromatic nitrogens is 2. The van der Waals surface area contributed by atoms with Crippen LogP contribution in [0.5, 0.6) is 11.5 Å². The number of ether oxygens (including phenoxy) is 2. The SMILES string of the molecule is CC(C)(C)n1cnc(-c2ccc3c(c2)OCCCO3)c1N. The van der Waals surface area contributed by atoms with E-state index in [1.54, 1.807) is 6.33 Å². The minimum atomic E-state index is -0.0966. The summed E-state index contributed by atoms with van der Waals surface area (Å²) in [6.07, 6.45) is 2.68. The van der Waals surface area contributed by atoms with E-state index in [1.165, 1.54) is 0 Å². The van der Waals surface area contributed by atoms with E-state index in [0.29, 0.717) is 19.0 Å². The quantitative estimate of drug-likeness (QED) is 0.875. The van der Waals surface area contributed by atoms with Gasteiger partial charge in [0.25, 0.3) is 0 Å². The van der Waals surface area contributed by atoms with Crippen LogP contribution in [0.1, 0.15) is 27.2 Å². The van der Waals surface area contributed by atoms with Crippen molar-refractivity contribution in [3.05, 3.63) is 24.5 Å². The van der Waals surface area contributed by atoms with Gasteiger partial charge < -0.3 is 19.8 Å². The van der Waals surface area contributed by atoms with Crippen LogP contribution in [0.2, 0.25) is 0 Å². The molecule has 0 atom stereocenters. The van der Waals surface area contributed by atoms with Crippen molar-refractivity contribution in [2.45, 2.75) is 32.7 Å². The van der Waals surface area contributed by atoms with Crippen molar-refractivity contribution >= 4 is 5.82 Å². The van der Waals surface area contributed by atoms with Gasteiger partial charge in [0.15, 0.2) is 11.5 Å². The van der Waals surface area contributed by atoms with E-state index >= 15 is 0 Å². The summed E-state index contributed by atoms with van der Waals surface area (Å²) in [5, 5.41) is 0. The van der Waals surface area contributed by atoms with Crippen molar-refractivity contribution in [2.24, 2.45) is 0 Å². The second kappa shape index (κ2) is 4.98. The van der Waals surface area contributed by atoms with E-state index < -0.39 is 0 Å². The Hall–Kier alpha value is -2.17. The summed E-state index contributed by atoms with van der Waals surface area (Å²) in [4.78, 5) is 4.47. The van der Waals surface area contributed by atoms with Gasteiger partial charge >= 0.3 is 0 Å². The molecule has 0 unspecified atom stereocenters. The minimum Gasteiger partial charge on any atom is -0.490 e. The second-order valence-electron chi connectivity index (χ2n) is 6.23. The molecule has 1 aromatic carbocycles. The maximum atomic E-state index is 6.26. The van der Waals surface area contributed by atoms with Crippen LogP contribution in [-0.4, -0.2) is 22.8 Å². The Morgan fingerprint density at radius 2 is 1.86 bits per heavy atom. The Morgan fingerprint density at radius 1 is 1.14 bits per heavy atom. The summed E-state index contributed by atoms with van der Waals surface area (Å²) in [5.41, 5.74) is 7.88. The summed E-state index contributed by atoms with van der Waals surface area (Å²) in [6, 6.07) is 5.84. The first kappa shape index (κ1) is 13.8. The zero-order valence-electron chi connectivity index (χ0n) is 12.7. The van der Waals surface area contributed by atoms with Gasteiger partial charge in [0.2, 0.25) is 0 Å². The largest absolute Gasteiger partial charge is 0.490 e. The third-order valence-corrected chi connectivity index (χ3v) is 3.55. The van der Waals surface area contributed by atoms with E-state index in [4.69, 9.17) is 15.2 Å². The van der Waals surface area contributed by atoms with Crippen LogP contribution < -0.4 is 15.2 Å². The van der Waals surface area contributed by atoms with Gasteiger partial charge in [-0.1, -0.05) is 0 Å². The first-order valence-corrected chi connectivity index (χ1v) is 7.20. The molecule has 3 rings (SSSR count). The molecule has 112 valence electrons. The molecule has 0 radical (unpaired) electrons. The number of fused-ring (bicyclic) bond motifs is 1. The number of imidazole rings is 1. The van der Waals surface area contributed by atoms with Crippen molar-refractivity contribution in [1.29, 1.82) is 0 Å². The fraction of sp³-hybridized carbons (Fsp3) is 0.438. The van der Waals surface area contributed by atoms with Crippen LogP contribution in [-0.2, 0) is 5.54 Å². The van der Waals surface area contributed by atoms with Crippen LogP contribution in [0.3, 0.4) is 0 Å². The lowest BCUT2D eigenvalue weighted by Crippen LogP contribution is -2.22. The molecule has 0 saturated heterocycles. The first-order valence-electron chi connectivity index (χ1n) is 7.20. The molecule has 0 amide bonds. The fourth-order valence-corrected chi connectivity index (χ4v) is 2.43. The lowest BCUT2D eigenvalue weighted by Gasteiger charge is -2.22. The Balaban J connectivity index is 2.02. The summed E-state index contributed by atoms with van der Waals surface area (Å²) >= 11 is 0. The number of rotatable bonds is 1. The van der Waals surface area contributed by atoms with E-state index in [-0.39, 0.29) is 5.54 Å². The fourth-order valence-electron chi connectivity index (χ4n) is 2.43. The van der Waals surface area contributed by atoms with Crippen molar-refractivity contribution < 1.29 is 9.47 Å². The van der Waals surface area contributed by atoms with Gasteiger partial charge in [-0.2, -0.15) is 0 Å². The second-order valence-corrected chi connectivity index (χ2v) is 6.23. The zero-order valence-corrected chi connectivity index (χ0v) is 12.7. The first-order chi connectivity index (χ1) is 9.97. The number of nitrogen functional groups attached to an aromatic ring is 1. The van der Waals surface area contributed by atoms with Gasteiger partial charge in [-0.3, -0.25) is 0 Å². The molecule has 0 fully saturated rings. The highest BCUT2D eigenvalue weighted by Gasteiger charge is 2.20. The van der Waals surface area contributed by atoms with Crippen molar-refractivity contribution in [2.75, 3.05) is 18.9 Å². The maximum absolute atomic E-state index is 6.26. The van der Waals surface area contributed by atoms with E-state index in [1.807, 2.05) is 22.8 Å². The molecular weight excluding hydrogens is 266 g/mol. The van der Waals surface area contributed by atoms with Gasteiger partial charge in [0, 0.05) is 17.5 Å². The number of benzene rings is 1. The molecule has 0 saturated carbocycles. The van der Waals surface area contributed by atoms with Gasteiger partial charge in [0.1, 0.15) is 11.5 Å². The normalized spacial score (nSPS) is 14.8. The number of hydrogen-bond donors (Lipinski definition) is 1. The summed E-state index contributed by atoms with van der Waals surface area (Å²) in [5.74, 6) is 2.21. The summed E-state index contributed by atoms with van der Waals surface area (Å²) in [7, 11) is 0. The molecule has 5 heteroatoms. The third-order valence-electron chi connectivity index (χ3n) is 3.55.